The van der Waals surface area contributed by atoms with Gasteiger partial charge in [-0.05, 0) is 19.8 Å². The van der Waals surface area contributed by atoms with Crippen molar-refractivity contribution in [3.63, 3.8) is 0 Å². The molecule has 1 aliphatic rings. The van der Waals surface area contributed by atoms with E-state index < -0.39 is 0 Å². The summed E-state index contributed by atoms with van der Waals surface area (Å²) in [6, 6.07) is -0.0442. The van der Waals surface area contributed by atoms with Crippen LogP contribution in [0.5, 0.6) is 0 Å². The maximum atomic E-state index is 12.0. The highest BCUT2D eigenvalue weighted by atomic mass is 32.1. The molecule has 6 nitrogen and oxygen atoms in total. The van der Waals surface area contributed by atoms with E-state index in [0.29, 0.717) is 19.6 Å². The number of hydrogen-bond acceptors (Lipinski definition) is 4. The minimum absolute atomic E-state index is 0.0389. The Morgan fingerprint density at radius 3 is 2.71 bits per heavy atom. The first kappa shape index (κ1) is 15.8. The van der Waals surface area contributed by atoms with E-state index in [9.17, 15) is 9.59 Å². The Morgan fingerprint density at radius 2 is 2.14 bits per heavy atom. The molecule has 0 aromatic carbocycles. The number of amides is 3. The number of carbonyl (C=O) groups excluding carboxylic acids is 2. The fraction of sp³-hybridized carbons (Fsp3) is 0.643. The second kappa shape index (κ2) is 7.40. The number of aryl methyl sites for hydroxylation is 1. The van der Waals surface area contributed by atoms with Gasteiger partial charge >= 0.3 is 6.03 Å². The summed E-state index contributed by atoms with van der Waals surface area (Å²) in [7, 11) is 1.65. The van der Waals surface area contributed by atoms with Crippen molar-refractivity contribution < 1.29 is 9.59 Å². The molecule has 0 aliphatic carbocycles. The summed E-state index contributed by atoms with van der Waals surface area (Å²) >= 11 is 1.62. The minimum atomic E-state index is -0.0442. The molecule has 1 fully saturated rings. The number of hydrogen-bond donors (Lipinski definition) is 2. The van der Waals surface area contributed by atoms with E-state index in [1.165, 1.54) is 0 Å². The highest BCUT2D eigenvalue weighted by molar-refractivity contribution is 7.09. The highest BCUT2D eigenvalue weighted by Gasteiger charge is 2.26. The third kappa shape index (κ3) is 4.42. The average Bonchev–Trinajstić information content (AvgIpc) is 2.92. The van der Waals surface area contributed by atoms with Crippen LogP contribution in [0.25, 0.3) is 0 Å². The predicted octanol–water partition coefficient (Wildman–Crippen LogP) is 1.16. The molecule has 0 saturated carbocycles. The van der Waals surface area contributed by atoms with Crippen LogP contribution >= 0.6 is 11.3 Å². The van der Waals surface area contributed by atoms with E-state index in [4.69, 9.17) is 0 Å². The van der Waals surface area contributed by atoms with Crippen LogP contribution in [0.15, 0.2) is 5.38 Å². The average molecular weight is 310 g/mol. The fourth-order valence-corrected chi connectivity index (χ4v) is 3.13. The van der Waals surface area contributed by atoms with Crippen molar-refractivity contribution in [2.75, 3.05) is 26.7 Å². The van der Waals surface area contributed by atoms with Crippen molar-refractivity contribution in [2.45, 2.75) is 26.2 Å². The van der Waals surface area contributed by atoms with Gasteiger partial charge in [0.1, 0.15) is 0 Å². The number of rotatable bonds is 4. The van der Waals surface area contributed by atoms with Crippen molar-refractivity contribution in [3.8, 4) is 0 Å². The van der Waals surface area contributed by atoms with Gasteiger partial charge < -0.3 is 15.5 Å². The number of nitrogens with one attached hydrogen (secondary N) is 2. The SMILES string of the molecule is CNC(=O)C1CCN(C(=O)NCCc2csc(C)n2)CC1. The zero-order chi connectivity index (χ0) is 15.2. The summed E-state index contributed by atoms with van der Waals surface area (Å²) in [4.78, 5) is 29.7. The molecule has 7 heteroatoms. The molecule has 1 aromatic heterocycles. The molecule has 1 aromatic rings. The molecule has 2 N–H and O–H groups in total. The lowest BCUT2D eigenvalue weighted by Crippen LogP contribution is -2.47. The number of carbonyl (C=O) groups is 2. The molecular weight excluding hydrogens is 288 g/mol. The van der Waals surface area contributed by atoms with E-state index in [-0.39, 0.29) is 17.9 Å². The monoisotopic (exact) mass is 310 g/mol. The second-order valence-electron chi connectivity index (χ2n) is 5.22. The lowest BCUT2D eigenvalue weighted by Gasteiger charge is -2.31. The Labute approximate surface area is 128 Å². The van der Waals surface area contributed by atoms with Gasteiger partial charge in [-0.15, -0.1) is 11.3 Å². The lowest BCUT2D eigenvalue weighted by atomic mass is 9.96. The van der Waals surface area contributed by atoms with Crippen molar-refractivity contribution >= 4 is 23.3 Å². The molecule has 0 atom stereocenters. The quantitative estimate of drug-likeness (QED) is 0.876. The number of piperidine rings is 1. The van der Waals surface area contributed by atoms with E-state index in [1.54, 1.807) is 23.3 Å². The van der Waals surface area contributed by atoms with Gasteiger partial charge in [0.05, 0.1) is 10.7 Å². The van der Waals surface area contributed by atoms with Gasteiger partial charge in [0.2, 0.25) is 5.91 Å². The number of likely N-dealkylation sites (tertiary alicyclic amines) is 1. The molecule has 0 bridgehead atoms. The van der Waals surface area contributed by atoms with Crippen molar-refractivity contribution in [1.82, 2.24) is 20.5 Å². The van der Waals surface area contributed by atoms with Crippen LogP contribution in [0.1, 0.15) is 23.5 Å². The first-order valence-electron chi connectivity index (χ1n) is 7.25. The van der Waals surface area contributed by atoms with Gasteiger partial charge in [-0.3, -0.25) is 4.79 Å². The van der Waals surface area contributed by atoms with Crippen LogP contribution < -0.4 is 10.6 Å². The molecular formula is C14H22N4O2S. The van der Waals surface area contributed by atoms with Gasteiger partial charge in [0.15, 0.2) is 0 Å². The van der Waals surface area contributed by atoms with E-state index in [1.807, 2.05) is 12.3 Å². The van der Waals surface area contributed by atoms with E-state index >= 15 is 0 Å². The van der Waals surface area contributed by atoms with Crippen molar-refractivity contribution in [2.24, 2.45) is 5.92 Å². The summed E-state index contributed by atoms with van der Waals surface area (Å²) in [6.07, 6.45) is 2.22. The minimum Gasteiger partial charge on any atom is -0.359 e. The first-order chi connectivity index (χ1) is 10.1. The standard InChI is InChI=1S/C14H22N4O2S/c1-10-17-12(9-21-10)3-6-16-14(20)18-7-4-11(5-8-18)13(19)15-2/h9,11H,3-8H2,1-2H3,(H,15,19)(H,16,20). The van der Waals surface area contributed by atoms with Crippen LogP contribution in [0.2, 0.25) is 0 Å². The van der Waals surface area contributed by atoms with Crippen molar-refractivity contribution in [1.29, 1.82) is 0 Å². The first-order valence-corrected chi connectivity index (χ1v) is 8.13. The highest BCUT2D eigenvalue weighted by Crippen LogP contribution is 2.17. The molecule has 0 spiro atoms. The van der Waals surface area contributed by atoms with Gasteiger partial charge in [-0.2, -0.15) is 0 Å². The van der Waals surface area contributed by atoms with Crippen LogP contribution in [-0.4, -0.2) is 48.5 Å². The van der Waals surface area contributed by atoms with E-state index in [0.717, 1.165) is 30.0 Å². The molecule has 116 valence electrons. The summed E-state index contributed by atoms with van der Waals surface area (Å²) in [5, 5.41) is 8.66. The van der Waals surface area contributed by atoms with Crippen LogP contribution in [-0.2, 0) is 11.2 Å². The molecule has 3 amide bonds. The summed E-state index contributed by atoms with van der Waals surface area (Å²) < 4.78 is 0. The Balaban J connectivity index is 1.69. The number of aromatic nitrogens is 1. The normalized spacial score (nSPS) is 15.8. The Morgan fingerprint density at radius 1 is 1.43 bits per heavy atom. The van der Waals surface area contributed by atoms with Crippen LogP contribution in [0.4, 0.5) is 4.79 Å². The third-order valence-corrected chi connectivity index (χ3v) is 4.55. The van der Waals surface area contributed by atoms with Gasteiger partial charge in [0, 0.05) is 44.4 Å². The Kier molecular flexibility index (Phi) is 5.55. The molecule has 0 radical (unpaired) electrons. The van der Waals surface area contributed by atoms with Gasteiger partial charge in [-0.1, -0.05) is 0 Å². The van der Waals surface area contributed by atoms with Crippen molar-refractivity contribution in [3.05, 3.63) is 16.1 Å². The number of urea groups is 1. The largest absolute Gasteiger partial charge is 0.359 e. The molecule has 2 rings (SSSR count). The maximum absolute atomic E-state index is 12.0. The zero-order valence-corrected chi connectivity index (χ0v) is 13.3. The van der Waals surface area contributed by atoms with Gasteiger partial charge in [0.25, 0.3) is 0 Å². The number of nitrogens with zero attached hydrogens (tertiary/aromatic N) is 2. The molecule has 0 unspecified atom stereocenters. The fourth-order valence-electron chi connectivity index (χ4n) is 2.48. The number of thiazole rings is 1. The van der Waals surface area contributed by atoms with Crippen LogP contribution in [0.3, 0.4) is 0 Å². The van der Waals surface area contributed by atoms with Crippen LogP contribution in [0, 0.1) is 12.8 Å². The summed E-state index contributed by atoms with van der Waals surface area (Å²) in [5.41, 5.74) is 1.02. The lowest BCUT2D eigenvalue weighted by molar-refractivity contribution is -0.125. The molecule has 1 aliphatic heterocycles. The third-order valence-electron chi connectivity index (χ3n) is 3.72. The second-order valence-corrected chi connectivity index (χ2v) is 6.28. The summed E-state index contributed by atoms with van der Waals surface area (Å²) in [6.45, 7) is 3.85. The Bertz CT molecular complexity index is 495. The molecule has 1 saturated heterocycles. The predicted molar refractivity (Wildman–Crippen MR) is 82.3 cm³/mol. The van der Waals surface area contributed by atoms with E-state index in [2.05, 4.69) is 15.6 Å². The smallest absolute Gasteiger partial charge is 0.317 e. The summed E-state index contributed by atoms with van der Waals surface area (Å²) in [5.74, 6) is 0.117. The zero-order valence-electron chi connectivity index (χ0n) is 12.5. The Hall–Kier alpha value is -1.63. The topological polar surface area (TPSA) is 74.3 Å². The molecule has 2 heterocycles. The molecule has 21 heavy (non-hydrogen) atoms. The van der Waals surface area contributed by atoms with Gasteiger partial charge in [-0.25, -0.2) is 9.78 Å². The maximum Gasteiger partial charge on any atom is 0.317 e.